The fourth-order valence-corrected chi connectivity index (χ4v) is 5.50. The van der Waals surface area contributed by atoms with Crippen LogP contribution < -0.4 is 4.74 Å². The van der Waals surface area contributed by atoms with Crippen molar-refractivity contribution in [2.24, 2.45) is 10.2 Å². The SMILES string of the molecule is CC(C)Oc1ccc(-c2nc(-c3cccc4c3CCC4N=[N+]=[N-])no2)cc1C#N.N#Cc1cccc2c1CCC2N=[N+]=[N-]. The van der Waals surface area contributed by atoms with Crippen LogP contribution >= 0.6 is 0 Å². The molecule has 6 rings (SSSR count). The van der Waals surface area contributed by atoms with E-state index in [1.54, 1.807) is 24.3 Å². The molecule has 0 amide bonds. The Bertz CT molecular complexity index is 1850. The van der Waals surface area contributed by atoms with E-state index in [2.05, 4.69) is 42.3 Å². The Morgan fingerprint density at radius 3 is 2.21 bits per heavy atom. The lowest BCUT2D eigenvalue weighted by atomic mass is 10.0. The molecule has 2 aliphatic carbocycles. The summed E-state index contributed by atoms with van der Waals surface area (Å²) in [7, 11) is 0. The Hall–Kier alpha value is -5.80. The van der Waals surface area contributed by atoms with E-state index in [-0.39, 0.29) is 18.2 Å². The number of benzene rings is 3. The molecule has 0 saturated heterocycles. The molecule has 0 aliphatic heterocycles. The van der Waals surface area contributed by atoms with Gasteiger partial charge in [0.15, 0.2) is 0 Å². The summed E-state index contributed by atoms with van der Waals surface area (Å²) < 4.78 is 11.1. The standard InChI is InChI=1S/C21H18N6O2.C10H8N4/c1-12(2)28-19-9-6-13(10-14(19)11-22)21-24-20(26-29-21)17-5-3-4-16-15(17)7-8-18(16)25-27-23;11-6-7-2-1-3-9-8(7)4-5-10(9)13-14-12/h3-6,9-10,12,18H,7-8H2,1-2H3;1-3,10H,4-5H2. The topological polar surface area (TPSA) is 193 Å². The molecule has 0 spiro atoms. The van der Waals surface area contributed by atoms with Crippen LogP contribution in [0, 0.1) is 22.7 Å². The van der Waals surface area contributed by atoms with Crippen LogP contribution in [-0.4, -0.2) is 16.2 Å². The van der Waals surface area contributed by atoms with E-state index >= 15 is 0 Å². The molecule has 212 valence electrons. The van der Waals surface area contributed by atoms with Crippen molar-refractivity contribution < 1.29 is 9.26 Å². The van der Waals surface area contributed by atoms with Crippen molar-refractivity contribution in [2.45, 2.75) is 57.7 Å². The molecule has 12 nitrogen and oxygen atoms in total. The average Bonchev–Trinajstić information content (AvgIpc) is 3.77. The van der Waals surface area contributed by atoms with Crippen LogP contribution in [0.5, 0.6) is 5.75 Å². The number of aromatic nitrogens is 2. The fourth-order valence-electron chi connectivity index (χ4n) is 5.50. The maximum Gasteiger partial charge on any atom is 0.258 e. The third-order valence-corrected chi connectivity index (χ3v) is 7.36. The molecule has 1 heterocycles. The zero-order valence-electron chi connectivity index (χ0n) is 23.5. The molecule has 4 aromatic rings. The Labute approximate surface area is 247 Å². The largest absolute Gasteiger partial charge is 0.490 e. The average molecular weight is 571 g/mol. The first-order valence-electron chi connectivity index (χ1n) is 13.7. The van der Waals surface area contributed by atoms with Crippen molar-refractivity contribution in [1.82, 2.24) is 10.1 Å². The van der Waals surface area contributed by atoms with Gasteiger partial charge in [-0.25, -0.2) is 0 Å². The molecule has 2 atom stereocenters. The van der Waals surface area contributed by atoms with E-state index in [9.17, 15) is 5.26 Å². The van der Waals surface area contributed by atoms with Gasteiger partial charge in [0, 0.05) is 21.0 Å². The van der Waals surface area contributed by atoms with Crippen LogP contribution in [0.1, 0.15) is 72.2 Å². The maximum atomic E-state index is 9.43. The van der Waals surface area contributed by atoms with Crippen LogP contribution in [-0.2, 0) is 12.8 Å². The van der Waals surface area contributed by atoms with Crippen LogP contribution in [0.3, 0.4) is 0 Å². The predicted molar refractivity (Wildman–Crippen MR) is 157 cm³/mol. The third-order valence-electron chi connectivity index (χ3n) is 7.36. The molecule has 0 bridgehead atoms. The van der Waals surface area contributed by atoms with Crippen molar-refractivity contribution in [3.63, 3.8) is 0 Å². The minimum atomic E-state index is -0.159. The van der Waals surface area contributed by atoms with Crippen molar-refractivity contribution in [1.29, 1.82) is 10.5 Å². The van der Waals surface area contributed by atoms with Crippen LogP contribution in [0.2, 0.25) is 0 Å². The number of fused-ring (bicyclic) bond motifs is 2. The number of nitrogens with zero attached hydrogens (tertiary/aromatic N) is 10. The molecule has 0 fully saturated rings. The quantitative estimate of drug-likeness (QED) is 0.127. The molecule has 2 aliphatic rings. The molecule has 3 aromatic carbocycles. The minimum absolute atomic E-state index is 0.0303. The van der Waals surface area contributed by atoms with Gasteiger partial charge in [-0.15, -0.1) is 0 Å². The van der Waals surface area contributed by atoms with E-state index in [1.807, 2.05) is 44.2 Å². The number of ether oxygens (including phenoxy) is 1. The van der Waals surface area contributed by atoms with Crippen molar-refractivity contribution in [2.75, 3.05) is 0 Å². The zero-order chi connectivity index (χ0) is 30.3. The highest BCUT2D eigenvalue weighted by atomic mass is 16.5. The molecule has 43 heavy (non-hydrogen) atoms. The highest BCUT2D eigenvalue weighted by molar-refractivity contribution is 5.67. The summed E-state index contributed by atoms with van der Waals surface area (Å²) in [4.78, 5) is 10.3. The van der Waals surface area contributed by atoms with E-state index in [4.69, 9.17) is 25.6 Å². The highest BCUT2D eigenvalue weighted by Gasteiger charge is 2.26. The summed E-state index contributed by atoms with van der Waals surface area (Å²) in [6.45, 7) is 3.81. The van der Waals surface area contributed by atoms with Gasteiger partial charge in [0.2, 0.25) is 5.82 Å². The Kier molecular flexibility index (Phi) is 8.55. The number of rotatable bonds is 6. The van der Waals surface area contributed by atoms with Gasteiger partial charge in [-0.05, 0) is 97.1 Å². The molecular weight excluding hydrogens is 544 g/mol. The normalized spacial score (nSPS) is 15.9. The summed E-state index contributed by atoms with van der Waals surface area (Å²) in [5.41, 5.74) is 23.9. The van der Waals surface area contributed by atoms with E-state index in [0.717, 1.165) is 53.5 Å². The summed E-state index contributed by atoms with van der Waals surface area (Å²) in [6, 6.07) is 20.7. The van der Waals surface area contributed by atoms with Crippen LogP contribution in [0.4, 0.5) is 0 Å². The van der Waals surface area contributed by atoms with Crippen molar-refractivity contribution >= 4 is 0 Å². The first-order valence-corrected chi connectivity index (χ1v) is 13.7. The number of azide groups is 2. The second-order valence-electron chi connectivity index (χ2n) is 10.3. The molecular formula is C31H26N10O2. The number of hydrogen-bond donors (Lipinski definition) is 0. The molecule has 12 heteroatoms. The maximum absolute atomic E-state index is 9.43. The van der Waals surface area contributed by atoms with Gasteiger partial charge in [-0.3, -0.25) is 0 Å². The Balaban J connectivity index is 0.000000220. The molecule has 1 aromatic heterocycles. The monoisotopic (exact) mass is 570 g/mol. The predicted octanol–water partition coefficient (Wildman–Crippen LogP) is 8.22. The second kappa shape index (κ2) is 12.8. The lowest BCUT2D eigenvalue weighted by Crippen LogP contribution is -2.06. The van der Waals surface area contributed by atoms with Crippen LogP contribution in [0.25, 0.3) is 43.7 Å². The first kappa shape index (κ1) is 28.7. The smallest absolute Gasteiger partial charge is 0.258 e. The van der Waals surface area contributed by atoms with Gasteiger partial charge < -0.3 is 9.26 Å². The molecule has 0 N–H and O–H groups in total. The second-order valence-corrected chi connectivity index (χ2v) is 10.3. The summed E-state index contributed by atoms with van der Waals surface area (Å²) in [5, 5.41) is 30.0. The van der Waals surface area contributed by atoms with Gasteiger partial charge in [-0.1, -0.05) is 45.7 Å². The van der Waals surface area contributed by atoms with Crippen molar-refractivity contribution in [3.05, 3.63) is 109 Å². The van der Waals surface area contributed by atoms with Gasteiger partial charge >= 0.3 is 0 Å². The van der Waals surface area contributed by atoms with Crippen molar-refractivity contribution in [3.8, 4) is 40.7 Å². The van der Waals surface area contributed by atoms with E-state index in [0.29, 0.717) is 34.2 Å². The molecule has 0 radical (unpaired) electrons. The van der Waals surface area contributed by atoms with Gasteiger partial charge in [-0.2, -0.15) is 15.5 Å². The van der Waals surface area contributed by atoms with Gasteiger partial charge in [0.05, 0.1) is 35.4 Å². The van der Waals surface area contributed by atoms with E-state index in [1.165, 1.54) is 0 Å². The Morgan fingerprint density at radius 2 is 1.56 bits per heavy atom. The lowest BCUT2D eigenvalue weighted by Gasteiger charge is -2.11. The Morgan fingerprint density at radius 1 is 0.907 bits per heavy atom. The summed E-state index contributed by atoms with van der Waals surface area (Å²) in [5.74, 6) is 1.32. The highest BCUT2D eigenvalue weighted by Crippen LogP contribution is 2.39. The van der Waals surface area contributed by atoms with Gasteiger partial charge in [0.25, 0.3) is 5.89 Å². The fraction of sp³-hybridized carbons (Fsp3) is 0.290. The van der Waals surface area contributed by atoms with Gasteiger partial charge in [0.1, 0.15) is 11.8 Å². The van der Waals surface area contributed by atoms with E-state index < -0.39 is 0 Å². The lowest BCUT2D eigenvalue weighted by molar-refractivity contribution is 0.241. The first-order chi connectivity index (χ1) is 21.0. The summed E-state index contributed by atoms with van der Waals surface area (Å²) in [6.07, 6.45) is 3.18. The number of hydrogen-bond acceptors (Lipinski definition) is 8. The molecule has 2 unspecified atom stereocenters. The van der Waals surface area contributed by atoms with Crippen LogP contribution in [0.15, 0.2) is 69.3 Å². The summed E-state index contributed by atoms with van der Waals surface area (Å²) >= 11 is 0. The zero-order valence-corrected chi connectivity index (χ0v) is 23.5. The minimum Gasteiger partial charge on any atom is -0.490 e. The third kappa shape index (κ3) is 5.97. The molecule has 0 saturated carbocycles. The number of nitriles is 2.